The molecule has 0 amide bonds. The normalized spacial score (nSPS) is 12.2. The van der Waals surface area contributed by atoms with Crippen molar-refractivity contribution >= 4 is 50.6 Å². The number of benzene rings is 1. The lowest BCUT2D eigenvalue weighted by molar-refractivity contribution is 0.669. The molecule has 1 unspecified atom stereocenters. The summed E-state index contributed by atoms with van der Waals surface area (Å²) in [6, 6.07) is 6.47. The Kier molecular flexibility index (Phi) is 6.46. The van der Waals surface area contributed by atoms with E-state index in [2.05, 4.69) is 47.1 Å². The van der Waals surface area contributed by atoms with Crippen LogP contribution in [0.5, 0.6) is 0 Å². The average Bonchev–Trinajstić information content (AvgIpc) is 2.34. The highest BCUT2D eigenvalue weighted by atomic mass is 79.9. The van der Waals surface area contributed by atoms with Gasteiger partial charge in [0, 0.05) is 28.8 Å². The van der Waals surface area contributed by atoms with Crippen molar-refractivity contribution in [2.75, 3.05) is 24.0 Å². The predicted octanol–water partition coefficient (Wildman–Crippen LogP) is 3.66. The highest BCUT2D eigenvalue weighted by molar-refractivity contribution is 9.10. The number of hydrogen-bond donors (Lipinski definition) is 1. The van der Waals surface area contributed by atoms with Crippen LogP contribution >= 0.6 is 39.9 Å². The summed E-state index contributed by atoms with van der Waals surface area (Å²) >= 11 is 10.5. The highest BCUT2D eigenvalue weighted by Gasteiger charge is 2.15. The van der Waals surface area contributed by atoms with E-state index in [9.17, 15) is 0 Å². The fourth-order valence-corrected chi connectivity index (χ4v) is 2.82. The molecule has 0 heterocycles. The number of thiocarbonyl (C=S) groups is 1. The Morgan fingerprint density at radius 1 is 1.56 bits per heavy atom. The molecule has 0 radical (unpaired) electrons. The van der Waals surface area contributed by atoms with Gasteiger partial charge in [-0.3, -0.25) is 0 Å². The average molecular weight is 347 g/mol. The summed E-state index contributed by atoms with van der Waals surface area (Å²) in [7, 11) is 2.09. The Morgan fingerprint density at radius 2 is 2.22 bits per heavy atom. The molecule has 2 N–H and O–H groups in total. The third-order valence-electron chi connectivity index (χ3n) is 3.01. The standard InChI is InChI=1S/C13H19BrN2S2/c1-9(6-7-18-3)16(2)12-8-10(14)4-5-11(12)13(15)17/h4-5,8-9H,6-7H2,1-3H3,(H2,15,17). The van der Waals surface area contributed by atoms with Crippen LogP contribution in [0.3, 0.4) is 0 Å². The maximum atomic E-state index is 5.79. The summed E-state index contributed by atoms with van der Waals surface area (Å²) in [5, 5.41) is 0. The van der Waals surface area contributed by atoms with Crippen LogP contribution in [-0.4, -0.2) is 30.1 Å². The molecule has 100 valence electrons. The van der Waals surface area contributed by atoms with Crippen LogP contribution in [0.15, 0.2) is 22.7 Å². The molecule has 0 aliphatic carbocycles. The Morgan fingerprint density at radius 3 is 2.78 bits per heavy atom. The molecule has 0 saturated carbocycles. The second kappa shape index (κ2) is 7.36. The largest absolute Gasteiger partial charge is 0.389 e. The SMILES string of the molecule is CSCCC(C)N(C)c1cc(Br)ccc1C(N)=S. The third kappa shape index (κ3) is 4.14. The first kappa shape index (κ1) is 15.8. The van der Waals surface area contributed by atoms with Crippen molar-refractivity contribution in [2.45, 2.75) is 19.4 Å². The van der Waals surface area contributed by atoms with Crippen molar-refractivity contribution < 1.29 is 0 Å². The second-order valence-electron chi connectivity index (χ2n) is 4.27. The van der Waals surface area contributed by atoms with Gasteiger partial charge in [0.1, 0.15) is 4.99 Å². The second-order valence-corrected chi connectivity index (χ2v) is 6.61. The van der Waals surface area contributed by atoms with Gasteiger partial charge in [0.2, 0.25) is 0 Å². The van der Waals surface area contributed by atoms with Crippen molar-refractivity contribution in [3.05, 3.63) is 28.2 Å². The van der Waals surface area contributed by atoms with Gasteiger partial charge in [-0.25, -0.2) is 0 Å². The lowest BCUT2D eigenvalue weighted by Gasteiger charge is -2.29. The summed E-state index contributed by atoms with van der Waals surface area (Å²) in [4.78, 5) is 2.69. The molecule has 0 fully saturated rings. The van der Waals surface area contributed by atoms with Gasteiger partial charge in [-0.15, -0.1) is 0 Å². The van der Waals surface area contributed by atoms with Gasteiger partial charge in [0.15, 0.2) is 0 Å². The van der Waals surface area contributed by atoms with E-state index in [-0.39, 0.29) is 0 Å². The van der Waals surface area contributed by atoms with Crippen LogP contribution in [0.25, 0.3) is 0 Å². The Balaban J connectivity index is 2.99. The van der Waals surface area contributed by atoms with Crippen LogP contribution in [0.4, 0.5) is 5.69 Å². The zero-order chi connectivity index (χ0) is 13.7. The van der Waals surface area contributed by atoms with E-state index in [1.165, 1.54) is 0 Å². The van der Waals surface area contributed by atoms with Gasteiger partial charge in [0.05, 0.1) is 0 Å². The van der Waals surface area contributed by atoms with E-state index in [1.807, 2.05) is 23.9 Å². The van der Waals surface area contributed by atoms with Crippen molar-refractivity contribution in [3.8, 4) is 0 Å². The van der Waals surface area contributed by atoms with Gasteiger partial charge in [-0.1, -0.05) is 28.1 Å². The van der Waals surface area contributed by atoms with Gasteiger partial charge < -0.3 is 10.6 Å². The molecule has 1 rings (SSSR count). The minimum absolute atomic E-state index is 0.446. The maximum Gasteiger partial charge on any atom is 0.106 e. The minimum Gasteiger partial charge on any atom is -0.389 e. The summed E-state index contributed by atoms with van der Waals surface area (Å²) < 4.78 is 1.04. The number of rotatable bonds is 6. The molecule has 0 saturated heterocycles. The number of nitrogens with zero attached hydrogens (tertiary/aromatic N) is 1. The zero-order valence-corrected chi connectivity index (χ0v) is 14.2. The predicted molar refractivity (Wildman–Crippen MR) is 90.9 cm³/mol. The Hall–Kier alpha value is -0.260. The third-order valence-corrected chi connectivity index (χ3v) is 4.36. The molecule has 0 aliphatic rings. The molecule has 18 heavy (non-hydrogen) atoms. The Labute approximate surface area is 127 Å². The van der Waals surface area contributed by atoms with Crippen molar-refractivity contribution in [3.63, 3.8) is 0 Å². The van der Waals surface area contributed by atoms with Crippen LogP contribution in [-0.2, 0) is 0 Å². The van der Waals surface area contributed by atoms with Gasteiger partial charge in [-0.2, -0.15) is 11.8 Å². The number of nitrogens with two attached hydrogens (primary N) is 1. The molecule has 2 nitrogen and oxygen atoms in total. The molecule has 0 spiro atoms. The van der Waals surface area contributed by atoms with E-state index in [1.54, 1.807) is 0 Å². The van der Waals surface area contributed by atoms with Crippen molar-refractivity contribution in [1.29, 1.82) is 0 Å². The minimum atomic E-state index is 0.446. The number of thioether (sulfide) groups is 1. The van der Waals surface area contributed by atoms with E-state index in [4.69, 9.17) is 18.0 Å². The molecular weight excluding hydrogens is 328 g/mol. The van der Waals surface area contributed by atoms with Crippen LogP contribution in [0.1, 0.15) is 18.9 Å². The first-order valence-corrected chi connectivity index (χ1v) is 8.38. The molecule has 1 aromatic rings. The molecule has 0 aromatic heterocycles. The van der Waals surface area contributed by atoms with E-state index in [0.29, 0.717) is 11.0 Å². The van der Waals surface area contributed by atoms with Crippen molar-refractivity contribution in [2.24, 2.45) is 5.73 Å². The molecule has 1 atom stereocenters. The quantitative estimate of drug-likeness (QED) is 0.796. The fraction of sp³-hybridized carbons (Fsp3) is 0.462. The molecule has 0 aliphatic heterocycles. The highest BCUT2D eigenvalue weighted by Crippen LogP contribution is 2.26. The van der Waals surface area contributed by atoms with Crippen molar-refractivity contribution in [1.82, 2.24) is 0 Å². The molecule has 5 heteroatoms. The van der Waals surface area contributed by atoms with Crippen LogP contribution in [0.2, 0.25) is 0 Å². The fourth-order valence-electron chi connectivity index (χ4n) is 1.72. The monoisotopic (exact) mass is 346 g/mol. The Bertz CT molecular complexity index is 423. The molecular formula is C13H19BrN2S2. The first-order chi connectivity index (χ1) is 8.47. The summed E-state index contributed by atoms with van der Waals surface area (Å²) in [5.74, 6) is 1.15. The summed E-state index contributed by atoms with van der Waals surface area (Å²) in [5.41, 5.74) is 7.81. The molecule has 0 bridgehead atoms. The molecule has 1 aromatic carbocycles. The van der Waals surface area contributed by atoms with E-state index < -0.39 is 0 Å². The maximum absolute atomic E-state index is 5.79. The van der Waals surface area contributed by atoms with E-state index >= 15 is 0 Å². The smallest absolute Gasteiger partial charge is 0.106 e. The summed E-state index contributed by atoms with van der Waals surface area (Å²) in [6.45, 7) is 2.22. The first-order valence-electron chi connectivity index (χ1n) is 5.78. The van der Waals surface area contributed by atoms with E-state index in [0.717, 1.165) is 27.9 Å². The number of hydrogen-bond acceptors (Lipinski definition) is 3. The zero-order valence-electron chi connectivity index (χ0n) is 10.9. The number of anilines is 1. The number of halogens is 1. The van der Waals surface area contributed by atoms with Gasteiger partial charge in [0.25, 0.3) is 0 Å². The topological polar surface area (TPSA) is 29.3 Å². The lowest BCUT2D eigenvalue weighted by Crippen LogP contribution is -2.31. The van der Waals surface area contributed by atoms with Crippen LogP contribution in [0, 0.1) is 0 Å². The van der Waals surface area contributed by atoms with Gasteiger partial charge >= 0.3 is 0 Å². The summed E-state index contributed by atoms with van der Waals surface area (Å²) in [6.07, 6.45) is 3.27. The lowest BCUT2D eigenvalue weighted by atomic mass is 10.1. The van der Waals surface area contributed by atoms with Gasteiger partial charge in [-0.05, 0) is 43.6 Å². The van der Waals surface area contributed by atoms with Crippen LogP contribution < -0.4 is 10.6 Å².